The third kappa shape index (κ3) is 8.86. The predicted molar refractivity (Wildman–Crippen MR) is 139 cm³/mol. The van der Waals surface area contributed by atoms with Gasteiger partial charge in [0.15, 0.2) is 5.78 Å². The summed E-state index contributed by atoms with van der Waals surface area (Å²) >= 11 is 5.98. The zero-order valence-electron chi connectivity index (χ0n) is 21.1. The summed E-state index contributed by atoms with van der Waals surface area (Å²) in [5.74, 6) is 0.231. The number of benzene rings is 2. The van der Waals surface area contributed by atoms with E-state index in [-0.39, 0.29) is 23.8 Å². The summed E-state index contributed by atoms with van der Waals surface area (Å²) in [7, 11) is 3.81. The van der Waals surface area contributed by atoms with Gasteiger partial charge in [0.1, 0.15) is 30.3 Å². The summed E-state index contributed by atoms with van der Waals surface area (Å²) in [6.07, 6.45) is -0.133. The highest BCUT2D eigenvalue weighted by Gasteiger charge is 2.32. The largest absolute Gasteiger partial charge is 0.573 e. The molecule has 3 rings (SSSR count). The molecule has 12 heteroatoms. The molecule has 0 fully saturated rings. The van der Waals surface area contributed by atoms with Crippen molar-refractivity contribution in [2.45, 2.75) is 19.7 Å². The lowest BCUT2D eigenvalue weighted by Crippen LogP contribution is -2.17. The third-order valence-corrected chi connectivity index (χ3v) is 5.36. The van der Waals surface area contributed by atoms with Gasteiger partial charge in [-0.1, -0.05) is 17.7 Å². The van der Waals surface area contributed by atoms with E-state index < -0.39 is 12.1 Å². The second-order valence-electron chi connectivity index (χ2n) is 8.37. The van der Waals surface area contributed by atoms with Gasteiger partial charge >= 0.3 is 6.36 Å². The van der Waals surface area contributed by atoms with Gasteiger partial charge in [-0.15, -0.1) is 13.2 Å². The topological polar surface area (TPSA) is 85.8 Å². The van der Waals surface area contributed by atoms with E-state index in [1.54, 1.807) is 18.2 Å². The van der Waals surface area contributed by atoms with Crippen LogP contribution in [-0.2, 0) is 16.0 Å². The van der Waals surface area contributed by atoms with Gasteiger partial charge in [0.25, 0.3) is 0 Å². The van der Waals surface area contributed by atoms with Gasteiger partial charge in [0.2, 0.25) is 0 Å². The van der Waals surface area contributed by atoms with E-state index in [4.69, 9.17) is 21.1 Å². The molecule has 0 amide bonds. The number of alkyl halides is 3. The van der Waals surface area contributed by atoms with Crippen LogP contribution in [-0.4, -0.2) is 67.5 Å². The Labute approximate surface area is 223 Å². The first-order valence-corrected chi connectivity index (χ1v) is 12.1. The molecular formula is C26H28ClF3N4O4. The van der Waals surface area contributed by atoms with Gasteiger partial charge in [-0.3, -0.25) is 4.79 Å². The smallest absolute Gasteiger partial charge is 0.491 e. The van der Waals surface area contributed by atoms with E-state index in [9.17, 15) is 18.0 Å². The first kappa shape index (κ1) is 29.2. The lowest BCUT2D eigenvalue weighted by atomic mass is 10.0. The minimum Gasteiger partial charge on any atom is -0.491 e. The quantitative estimate of drug-likeness (QED) is 0.218. The number of nitrogens with zero attached hydrogens (tertiary/aromatic N) is 3. The van der Waals surface area contributed by atoms with Gasteiger partial charge < -0.3 is 24.4 Å². The first-order chi connectivity index (χ1) is 18.1. The number of ether oxygens (including phenoxy) is 3. The number of carbonyl (C=O) groups is 1. The minimum absolute atomic E-state index is 0.0769. The second kappa shape index (κ2) is 13.4. The molecule has 0 atom stereocenters. The van der Waals surface area contributed by atoms with Crippen molar-refractivity contribution in [2.75, 3.05) is 45.8 Å². The van der Waals surface area contributed by atoms with Crippen LogP contribution < -0.4 is 14.8 Å². The van der Waals surface area contributed by atoms with E-state index in [1.807, 2.05) is 25.9 Å². The summed E-state index contributed by atoms with van der Waals surface area (Å²) in [6, 6.07) is 7.26. The molecule has 0 spiro atoms. The van der Waals surface area contributed by atoms with Crippen molar-refractivity contribution in [3.05, 3.63) is 59.4 Å². The molecule has 0 saturated carbocycles. The van der Waals surface area contributed by atoms with Crippen LogP contribution in [0, 0.1) is 0 Å². The van der Waals surface area contributed by atoms with Crippen LogP contribution in [0.1, 0.15) is 12.5 Å². The van der Waals surface area contributed by atoms with Crippen LogP contribution in [0.4, 0.5) is 24.7 Å². The Kier molecular flexibility index (Phi) is 10.3. The molecule has 0 bridgehead atoms. The lowest BCUT2D eigenvalue weighted by Gasteiger charge is -2.15. The monoisotopic (exact) mass is 552 g/mol. The van der Waals surface area contributed by atoms with Gasteiger partial charge in [-0.2, -0.15) is 0 Å². The zero-order chi connectivity index (χ0) is 27.7. The van der Waals surface area contributed by atoms with Gasteiger partial charge in [0.05, 0.1) is 17.1 Å². The molecule has 1 N–H and O–H groups in total. The molecule has 38 heavy (non-hydrogen) atoms. The van der Waals surface area contributed by atoms with Gasteiger partial charge in [0, 0.05) is 42.3 Å². The van der Waals surface area contributed by atoms with E-state index >= 15 is 0 Å². The highest BCUT2D eigenvalue weighted by Crippen LogP contribution is 2.35. The van der Waals surface area contributed by atoms with Crippen LogP contribution in [0.2, 0.25) is 5.02 Å². The number of likely N-dealkylation sites (N-methyl/N-ethyl adjacent to an activating group) is 1. The zero-order valence-corrected chi connectivity index (χ0v) is 21.9. The Bertz CT molecular complexity index is 1290. The molecule has 0 saturated heterocycles. The number of hydrogen-bond acceptors (Lipinski definition) is 8. The highest BCUT2D eigenvalue weighted by molar-refractivity contribution is 6.32. The average molecular weight is 553 g/mol. The highest BCUT2D eigenvalue weighted by atomic mass is 35.5. The number of carbonyl (C=O) groups excluding carboxylic acids is 1. The van der Waals surface area contributed by atoms with Crippen LogP contribution >= 0.6 is 11.6 Å². The van der Waals surface area contributed by atoms with Crippen molar-refractivity contribution < 1.29 is 32.2 Å². The van der Waals surface area contributed by atoms with Crippen molar-refractivity contribution in [3.63, 3.8) is 0 Å². The third-order valence-electron chi connectivity index (χ3n) is 5.07. The predicted octanol–water partition coefficient (Wildman–Crippen LogP) is 5.57. The van der Waals surface area contributed by atoms with E-state index in [0.29, 0.717) is 53.5 Å². The molecule has 204 valence electrons. The summed E-state index contributed by atoms with van der Waals surface area (Å²) in [4.78, 5) is 23.2. The number of halogens is 4. The Morgan fingerprint density at radius 2 is 1.92 bits per heavy atom. The Balaban J connectivity index is 1.92. The molecule has 0 radical (unpaired) electrons. The van der Waals surface area contributed by atoms with Crippen molar-refractivity contribution in [3.8, 4) is 11.5 Å². The summed E-state index contributed by atoms with van der Waals surface area (Å²) < 4.78 is 52.9. The number of rotatable bonds is 13. The Morgan fingerprint density at radius 1 is 1.13 bits per heavy atom. The van der Waals surface area contributed by atoms with Crippen LogP contribution in [0.25, 0.3) is 10.9 Å². The lowest BCUT2D eigenvalue weighted by molar-refractivity contribution is -0.274. The molecule has 0 aliphatic rings. The summed E-state index contributed by atoms with van der Waals surface area (Å²) in [5, 5.41) is 3.40. The van der Waals surface area contributed by atoms with Gasteiger partial charge in [-0.05, 0) is 51.4 Å². The van der Waals surface area contributed by atoms with Gasteiger partial charge in [-0.25, -0.2) is 9.97 Å². The van der Waals surface area contributed by atoms with E-state index in [1.165, 1.54) is 24.5 Å². The summed E-state index contributed by atoms with van der Waals surface area (Å²) in [6.45, 7) is 3.74. The van der Waals surface area contributed by atoms with E-state index in [2.05, 4.69) is 20.0 Å². The molecule has 1 aromatic heterocycles. The second-order valence-corrected chi connectivity index (χ2v) is 8.78. The molecule has 1 heterocycles. The minimum atomic E-state index is -4.86. The molecule has 3 aromatic rings. The fraction of sp³-hybridized carbons (Fsp3) is 0.346. The first-order valence-electron chi connectivity index (χ1n) is 11.7. The number of nitrogens with one attached hydrogen (secondary N) is 1. The van der Waals surface area contributed by atoms with E-state index in [0.717, 1.165) is 6.07 Å². The SMILES string of the molecule is CCOCCOc1cc2ncnc(Nc3ccc(OC(F)(F)F)c(Cl)c3)c2cc1CC(=O)/C=C/CN(C)C. The molecular weight excluding hydrogens is 525 g/mol. The summed E-state index contributed by atoms with van der Waals surface area (Å²) in [5.41, 5.74) is 1.54. The molecule has 8 nitrogen and oxygen atoms in total. The van der Waals surface area contributed by atoms with Crippen molar-refractivity contribution >= 4 is 39.8 Å². The maximum atomic E-state index is 12.7. The maximum absolute atomic E-state index is 12.7. The fourth-order valence-corrected chi connectivity index (χ4v) is 3.64. The number of allylic oxidation sites excluding steroid dienone is 1. The van der Waals surface area contributed by atoms with Crippen molar-refractivity contribution in [1.82, 2.24) is 14.9 Å². The normalized spacial score (nSPS) is 11.9. The Morgan fingerprint density at radius 3 is 2.61 bits per heavy atom. The molecule has 0 aliphatic heterocycles. The fourth-order valence-electron chi connectivity index (χ4n) is 3.42. The van der Waals surface area contributed by atoms with Crippen molar-refractivity contribution in [1.29, 1.82) is 0 Å². The molecule has 2 aromatic carbocycles. The number of aromatic nitrogens is 2. The van der Waals surface area contributed by atoms with Crippen LogP contribution in [0.3, 0.4) is 0 Å². The van der Waals surface area contributed by atoms with Crippen LogP contribution in [0.5, 0.6) is 11.5 Å². The number of ketones is 1. The van der Waals surface area contributed by atoms with Crippen LogP contribution in [0.15, 0.2) is 48.8 Å². The average Bonchev–Trinajstić information content (AvgIpc) is 2.83. The maximum Gasteiger partial charge on any atom is 0.573 e. The Hall–Kier alpha value is -3.41. The molecule has 0 aliphatic carbocycles. The number of anilines is 2. The number of fused-ring (bicyclic) bond motifs is 1. The molecule has 0 unspecified atom stereocenters. The van der Waals surface area contributed by atoms with Crippen molar-refractivity contribution in [2.24, 2.45) is 0 Å². The standard InChI is InChI=1S/C26H28ClF3N4O4/c1-4-36-10-11-37-24-15-22-20(13-17(24)12-19(35)6-5-9-34(2)3)25(32-16-31-22)33-18-7-8-23(21(27)14-18)38-26(28,29)30/h5-8,13-16H,4,9-12H2,1-3H3,(H,31,32,33)/b6-5+. The number of hydrogen-bond donors (Lipinski definition) is 1.